The van der Waals surface area contributed by atoms with Crippen molar-refractivity contribution < 1.29 is 8.78 Å². The van der Waals surface area contributed by atoms with Crippen molar-refractivity contribution in [3.8, 4) is 0 Å². The van der Waals surface area contributed by atoms with Crippen molar-refractivity contribution in [2.45, 2.75) is 19.4 Å². The molecular formula is C15H14ClF2N. The Bertz CT molecular complexity index is 572. The molecule has 4 heteroatoms. The van der Waals surface area contributed by atoms with E-state index < -0.39 is 5.82 Å². The van der Waals surface area contributed by atoms with Gasteiger partial charge in [-0.3, -0.25) is 0 Å². The Morgan fingerprint density at radius 1 is 1.16 bits per heavy atom. The van der Waals surface area contributed by atoms with E-state index in [0.717, 1.165) is 11.3 Å². The van der Waals surface area contributed by atoms with E-state index in [4.69, 9.17) is 11.6 Å². The van der Waals surface area contributed by atoms with Gasteiger partial charge in [0.2, 0.25) is 0 Å². The van der Waals surface area contributed by atoms with Crippen LogP contribution in [0.2, 0.25) is 5.02 Å². The molecule has 0 bridgehead atoms. The highest BCUT2D eigenvalue weighted by molar-refractivity contribution is 6.31. The van der Waals surface area contributed by atoms with Crippen LogP contribution in [0.5, 0.6) is 0 Å². The summed E-state index contributed by atoms with van der Waals surface area (Å²) in [6.07, 6.45) is 0.673. The molecule has 2 aromatic carbocycles. The first kappa shape index (κ1) is 13.8. The molecule has 0 aromatic heterocycles. The van der Waals surface area contributed by atoms with E-state index in [1.54, 1.807) is 18.2 Å². The molecule has 0 fully saturated rings. The molecule has 0 radical (unpaired) electrons. The fraction of sp³-hybridized carbons (Fsp3) is 0.200. The number of nitrogens with one attached hydrogen (secondary N) is 1. The van der Waals surface area contributed by atoms with Crippen LogP contribution in [-0.4, -0.2) is 6.04 Å². The predicted octanol–water partition coefficient (Wildman–Crippen LogP) is 4.66. The van der Waals surface area contributed by atoms with E-state index in [2.05, 4.69) is 5.32 Å². The summed E-state index contributed by atoms with van der Waals surface area (Å²) in [6, 6.07) is 11.1. The van der Waals surface area contributed by atoms with Gasteiger partial charge in [0.05, 0.1) is 5.02 Å². The fourth-order valence-corrected chi connectivity index (χ4v) is 2.12. The van der Waals surface area contributed by atoms with Gasteiger partial charge in [0.25, 0.3) is 0 Å². The number of hydrogen-bond acceptors (Lipinski definition) is 1. The zero-order chi connectivity index (χ0) is 13.8. The standard InChI is InChI=1S/C15H14ClF2N/c1-10(7-11-3-2-4-12(17)8-11)19-13-5-6-15(18)14(16)9-13/h2-6,8-10,19H,7H2,1H3. The molecule has 0 amide bonds. The predicted molar refractivity (Wildman–Crippen MR) is 74.6 cm³/mol. The van der Waals surface area contributed by atoms with Crippen LogP contribution in [-0.2, 0) is 6.42 Å². The van der Waals surface area contributed by atoms with Gasteiger partial charge in [0, 0.05) is 11.7 Å². The lowest BCUT2D eigenvalue weighted by molar-refractivity contribution is 0.623. The van der Waals surface area contributed by atoms with E-state index in [0.29, 0.717) is 6.42 Å². The highest BCUT2D eigenvalue weighted by Gasteiger charge is 2.06. The van der Waals surface area contributed by atoms with Crippen molar-refractivity contribution in [1.29, 1.82) is 0 Å². The zero-order valence-electron chi connectivity index (χ0n) is 10.5. The van der Waals surface area contributed by atoms with Crippen LogP contribution >= 0.6 is 11.6 Å². The van der Waals surface area contributed by atoms with Gasteiger partial charge >= 0.3 is 0 Å². The molecule has 1 atom stereocenters. The van der Waals surface area contributed by atoms with E-state index >= 15 is 0 Å². The van der Waals surface area contributed by atoms with Crippen LogP contribution in [0.4, 0.5) is 14.5 Å². The maximum atomic E-state index is 13.1. The maximum absolute atomic E-state index is 13.1. The second kappa shape index (κ2) is 6.02. The Balaban J connectivity index is 2.01. The first-order chi connectivity index (χ1) is 9.04. The first-order valence-corrected chi connectivity index (χ1v) is 6.38. The van der Waals surface area contributed by atoms with Crippen LogP contribution in [0.1, 0.15) is 12.5 Å². The largest absolute Gasteiger partial charge is 0.382 e. The fourth-order valence-electron chi connectivity index (χ4n) is 1.94. The SMILES string of the molecule is CC(Cc1cccc(F)c1)Nc1ccc(F)c(Cl)c1. The minimum Gasteiger partial charge on any atom is -0.382 e. The second-order valence-corrected chi connectivity index (χ2v) is 4.92. The van der Waals surface area contributed by atoms with Crippen LogP contribution in [0, 0.1) is 11.6 Å². The Hall–Kier alpha value is -1.61. The van der Waals surface area contributed by atoms with Gasteiger partial charge < -0.3 is 5.32 Å². The van der Waals surface area contributed by atoms with Crippen LogP contribution in [0.25, 0.3) is 0 Å². The van der Waals surface area contributed by atoms with Gasteiger partial charge in [-0.25, -0.2) is 8.78 Å². The Morgan fingerprint density at radius 3 is 2.63 bits per heavy atom. The van der Waals surface area contributed by atoms with Crippen molar-refractivity contribution in [2.24, 2.45) is 0 Å². The third-order valence-corrected chi connectivity index (χ3v) is 3.05. The molecule has 1 unspecified atom stereocenters. The van der Waals surface area contributed by atoms with Crippen LogP contribution in [0.3, 0.4) is 0 Å². The highest BCUT2D eigenvalue weighted by Crippen LogP contribution is 2.20. The normalized spacial score (nSPS) is 12.2. The summed E-state index contributed by atoms with van der Waals surface area (Å²) >= 11 is 5.71. The average molecular weight is 282 g/mol. The molecule has 2 aromatic rings. The monoisotopic (exact) mass is 281 g/mol. The van der Waals surface area contributed by atoms with Gasteiger partial charge in [0.15, 0.2) is 0 Å². The lowest BCUT2D eigenvalue weighted by Gasteiger charge is -2.15. The summed E-state index contributed by atoms with van der Waals surface area (Å²) in [6.45, 7) is 1.97. The van der Waals surface area contributed by atoms with Crippen molar-refractivity contribution in [3.63, 3.8) is 0 Å². The third-order valence-electron chi connectivity index (χ3n) is 2.76. The van der Waals surface area contributed by atoms with Crippen LogP contribution in [0.15, 0.2) is 42.5 Å². The van der Waals surface area contributed by atoms with E-state index in [9.17, 15) is 8.78 Å². The quantitative estimate of drug-likeness (QED) is 0.859. The summed E-state index contributed by atoms with van der Waals surface area (Å²) < 4.78 is 26.1. The number of hydrogen-bond donors (Lipinski definition) is 1. The molecule has 100 valence electrons. The van der Waals surface area contributed by atoms with Gasteiger partial charge in [0.1, 0.15) is 11.6 Å². The Kier molecular flexibility index (Phi) is 4.38. The molecule has 0 aliphatic carbocycles. The van der Waals surface area contributed by atoms with Gasteiger partial charge in [-0.2, -0.15) is 0 Å². The Morgan fingerprint density at radius 2 is 1.95 bits per heavy atom. The molecule has 2 rings (SSSR count). The smallest absolute Gasteiger partial charge is 0.141 e. The topological polar surface area (TPSA) is 12.0 Å². The molecule has 1 nitrogen and oxygen atoms in total. The first-order valence-electron chi connectivity index (χ1n) is 6.00. The summed E-state index contributed by atoms with van der Waals surface area (Å²) in [5.74, 6) is -0.681. The zero-order valence-corrected chi connectivity index (χ0v) is 11.2. The average Bonchev–Trinajstić information content (AvgIpc) is 2.34. The number of halogens is 3. The van der Waals surface area contributed by atoms with E-state index in [-0.39, 0.29) is 16.9 Å². The van der Waals surface area contributed by atoms with Gasteiger partial charge in [-0.15, -0.1) is 0 Å². The summed E-state index contributed by atoms with van der Waals surface area (Å²) in [5, 5.41) is 3.29. The minimum absolute atomic E-state index is 0.0861. The molecule has 0 saturated carbocycles. The summed E-state index contributed by atoms with van der Waals surface area (Å²) in [5.41, 5.74) is 1.66. The van der Waals surface area contributed by atoms with Crippen molar-refractivity contribution in [1.82, 2.24) is 0 Å². The summed E-state index contributed by atoms with van der Waals surface area (Å²) in [7, 11) is 0. The van der Waals surface area contributed by atoms with E-state index in [1.807, 2.05) is 13.0 Å². The number of benzene rings is 2. The van der Waals surface area contributed by atoms with Crippen LogP contribution < -0.4 is 5.32 Å². The molecule has 19 heavy (non-hydrogen) atoms. The minimum atomic E-state index is -0.440. The molecule has 0 aliphatic rings. The van der Waals surface area contributed by atoms with Gasteiger partial charge in [-0.05, 0) is 49.2 Å². The lowest BCUT2D eigenvalue weighted by atomic mass is 10.1. The third kappa shape index (κ3) is 3.93. The van der Waals surface area contributed by atoms with Gasteiger partial charge in [-0.1, -0.05) is 23.7 Å². The lowest BCUT2D eigenvalue weighted by Crippen LogP contribution is -2.18. The molecule has 1 N–H and O–H groups in total. The van der Waals surface area contributed by atoms with Crippen molar-refractivity contribution >= 4 is 17.3 Å². The molecule has 0 aliphatic heterocycles. The number of rotatable bonds is 4. The molecule has 0 saturated heterocycles. The Labute approximate surface area is 116 Å². The van der Waals surface area contributed by atoms with E-state index in [1.165, 1.54) is 18.2 Å². The van der Waals surface area contributed by atoms with Crippen molar-refractivity contribution in [2.75, 3.05) is 5.32 Å². The molecule has 0 heterocycles. The van der Waals surface area contributed by atoms with Crippen molar-refractivity contribution in [3.05, 3.63) is 64.7 Å². The number of anilines is 1. The summed E-state index contributed by atoms with van der Waals surface area (Å²) in [4.78, 5) is 0. The highest BCUT2D eigenvalue weighted by atomic mass is 35.5. The second-order valence-electron chi connectivity index (χ2n) is 4.51. The molecule has 0 spiro atoms. The maximum Gasteiger partial charge on any atom is 0.141 e. The molecular weight excluding hydrogens is 268 g/mol.